The lowest BCUT2D eigenvalue weighted by Crippen LogP contribution is -2.09. The summed E-state index contributed by atoms with van der Waals surface area (Å²) in [6.45, 7) is 5.70. The molecule has 0 aromatic heterocycles. The normalized spacial score (nSPS) is 28.4. The first-order valence-electron chi connectivity index (χ1n) is 5.84. The quantitative estimate of drug-likeness (QED) is 0.667. The summed E-state index contributed by atoms with van der Waals surface area (Å²) in [5.74, 6) is 0.977. The molecule has 0 amide bonds. The van der Waals surface area contributed by atoms with Gasteiger partial charge in [-0.3, -0.25) is 0 Å². The van der Waals surface area contributed by atoms with Crippen molar-refractivity contribution in [3.8, 4) is 0 Å². The third-order valence-corrected chi connectivity index (χ3v) is 3.51. The first kappa shape index (κ1) is 11.0. The van der Waals surface area contributed by atoms with Crippen LogP contribution < -0.4 is 5.73 Å². The highest BCUT2D eigenvalue weighted by atomic mass is 14.5. The van der Waals surface area contributed by atoms with Crippen LogP contribution in [0.3, 0.4) is 0 Å². The molecule has 1 aliphatic rings. The smallest absolute Gasteiger partial charge is 0.00772 e. The highest BCUT2D eigenvalue weighted by Crippen LogP contribution is 2.37. The Bertz CT molecular complexity index is 140. The summed E-state index contributed by atoms with van der Waals surface area (Å²) in [5.41, 5.74) is 6.15. The number of nitrogens with two attached hydrogens (primary N) is 1. The van der Waals surface area contributed by atoms with Crippen LogP contribution in [0.15, 0.2) is 0 Å². The van der Waals surface area contributed by atoms with E-state index < -0.39 is 0 Å². The van der Waals surface area contributed by atoms with Crippen LogP contribution in [0.4, 0.5) is 0 Å². The van der Waals surface area contributed by atoms with Crippen molar-refractivity contribution >= 4 is 0 Å². The molecular formula is C12H25N. The van der Waals surface area contributed by atoms with Crippen LogP contribution in [0.1, 0.15) is 58.8 Å². The second-order valence-electron chi connectivity index (χ2n) is 5.39. The van der Waals surface area contributed by atoms with Gasteiger partial charge in [0.2, 0.25) is 0 Å². The molecule has 0 aliphatic heterocycles. The Morgan fingerprint density at radius 2 is 2.00 bits per heavy atom. The summed E-state index contributed by atoms with van der Waals surface area (Å²) in [4.78, 5) is 0. The predicted octanol–water partition coefficient (Wildman–Crippen LogP) is 3.33. The zero-order valence-corrected chi connectivity index (χ0v) is 9.31. The first-order valence-corrected chi connectivity index (χ1v) is 5.84. The first-order chi connectivity index (χ1) is 6.14. The minimum absolute atomic E-state index is 0.609. The van der Waals surface area contributed by atoms with Crippen LogP contribution in [0.25, 0.3) is 0 Å². The van der Waals surface area contributed by atoms with Crippen molar-refractivity contribution in [3.05, 3.63) is 0 Å². The van der Waals surface area contributed by atoms with Gasteiger partial charge in [0.15, 0.2) is 0 Å². The molecule has 0 bridgehead atoms. The lowest BCUT2D eigenvalue weighted by Gasteiger charge is -2.21. The van der Waals surface area contributed by atoms with Gasteiger partial charge >= 0.3 is 0 Å². The summed E-state index contributed by atoms with van der Waals surface area (Å²) >= 11 is 0. The molecule has 1 saturated carbocycles. The fraction of sp³-hybridized carbons (Fsp3) is 1.00. The molecular weight excluding hydrogens is 158 g/mol. The van der Waals surface area contributed by atoms with Crippen LogP contribution in [-0.4, -0.2) is 6.54 Å². The molecule has 1 fully saturated rings. The SMILES string of the molecule is CC1(C)CCCC(CCCN)CC1. The minimum Gasteiger partial charge on any atom is -0.330 e. The van der Waals surface area contributed by atoms with E-state index in [0.717, 1.165) is 12.5 Å². The van der Waals surface area contributed by atoms with Crippen molar-refractivity contribution in [1.82, 2.24) is 0 Å². The van der Waals surface area contributed by atoms with E-state index in [1.54, 1.807) is 0 Å². The molecule has 1 nitrogen and oxygen atoms in total. The number of rotatable bonds is 3. The molecule has 0 spiro atoms. The maximum atomic E-state index is 5.54. The molecule has 1 aliphatic carbocycles. The van der Waals surface area contributed by atoms with Crippen molar-refractivity contribution < 1.29 is 0 Å². The molecule has 1 heteroatoms. The van der Waals surface area contributed by atoms with Crippen LogP contribution >= 0.6 is 0 Å². The summed E-state index contributed by atoms with van der Waals surface area (Å²) in [5, 5.41) is 0. The molecule has 78 valence electrons. The van der Waals surface area contributed by atoms with Gasteiger partial charge in [-0.05, 0) is 50.0 Å². The third kappa shape index (κ3) is 4.12. The second kappa shape index (κ2) is 4.99. The molecule has 13 heavy (non-hydrogen) atoms. The van der Waals surface area contributed by atoms with E-state index in [2.05, 4.69) is 13.8 Å². The van der Waals surface area contributed by atoms with Crippen molar-refractivity contribution in [2.75, 3.05) is 6.54 Å². The van der Waals surface area contributed by atoms with E-state index in [0.29, 0.717) is 5.41 Å². The van der Waals surface area contributed by atoms with E-state index >= 15 is 0 Å². The van der Waals surface area contributed by atoms with E-state index in [9.17, 15) is 0 Å². The monoisotopic (exact) mass is 183 g/mol. The maximum Gasteiger partial charge on any atom is -0.00772 e. The van der Waals surface area contributed by atoms with Crippen molar-refractivity contribution in [1.29, 1.82) is 0 Å². The molecule has 1 atom stereocenters. The Balaban J connectivity index is 2.28. The van der Waals surface area contributed by atoms with Gasteiger partial charge in [0.25, 0.3) is 0 Å². The average Bonchev–Trinajstić information content (AvgIpc) is 2.23. The van der Waals surface area contributed by atoms with E-state index in [-0.39, 0.29) is 0 Å². The largest absolute Gasteiger partial charge is 0.330 e. The van der Waals surface area contributed by atoms with Gasteiger partial charge in [-0.1, -0.05) is 26.7 Å². The highest BCUT2D eigenvalue weighted by Gasteiger charge is 2.23. The Morgan fingerprint density at radius 3 is 2.69 bits per heavy atom. The number of hydrogen-bond donors (Lipinski definition) is 1. The van der Waals surface area contributed by atoms with Gasteiger partial charge in [0.05, 0.1) is 0 Å². The Kier molecular flexibility index (Phi) is 4.24. The minimum atomic E-state index is 0.609. The second-order valence-corrected chi connectivity index (χ2v) is 5.39. The van der Waals surface area contributed by atoms with Crippen molar-refractivity contribution in [3.63, 3.8) is 0 Å². The molecule has 2 N–H and O–H groups in total. The van der Waals surface area contributed by atoms with Gasteiger partial charge in [-0.2, -0.15) is 0 Å². The van der Waals surface area contributed by atoms with Crippen LogP contribution in [0.5, 0.6) is 0 Å². The average molecular weight is 183 g/mol. The van der Waals surface area contributed by atoms with Crippen LogP contribution in [0, 0.1) is 11.3 Å². The summed E-state index contributed by atoms with van der Waals surface area (Å²) in [6.07, 6.45) is 9.75. The van der Waals surface area contributed by atoms with Crippen LogP contribution in [0.2, 0.25) is 0 Å². The summed E-state index contributed by atoms with van der Waals surface area (Å²) in [6, 6.07) is 0. The van der Waals surface area contributed by atoms with Gasteiger partial charge in [0.1, 0.15) is 0 Å². The Morgan fingerprint density at radius 1 is 1.23 bits per heavy atom. The highest BCUT2D eigenvalue weighted by molar-refractivity contribution is 4.76. The molecule has 0 saturated heterocycles. The van der Waals surface area contributed by atoms with Crippen molar-refractivity contribution in [2.45, 2.75) is 58.8 Å². The van der Waals surface area contributed by atoms with Gasteiger partial charge < -0.3 is 5.73 Å². The molecule has 0 aromatic carbocycles. The van der Waals surface area contributed by atoms with Gasteiger partial charge in [0, 0.05) is 0 Å². The van der Waals surface area contributed by atoms with Crippen molar-refractivity contribution in [2.24, 2.45) is 17.1 Å². The van der Waals surface area contributed by atoms with Gasteiger partial charge in [-0.25, -0.2) is 0 Å². The van der Waals surface area contributed by atoms with Crippen LogP contribution in [-0.2, 0) is 0 Å². The summed E-state index contributed by atoms with van der Waals surface area (Å²) in [7, 11) is 0. The van der Waals surface area contributed by atoms with E-state index in [1.807, 2.05) is 0 Å². The topological polar surface area (TPSA) is 26.0 Å². The lowest BCUT2D eigenvalue weighted by molar-refractivity contribution is 0.305. The zero-order valence-electron chi connectivity index (χ0n) is 9.31. The molecule has 0 heterocycles. The van der Waals surface area contributed by atoms with Gasteiger partial charge in [-0.15, -0.1) is 0 Å². The maximum absolute atomic E-state index is 5.54. The standard InChI is InChI=1S/C12H25N/c1-12(2)8-3-5-11(7-9-12)6-4-10-13/h11H,3-10,13H2,1-2H3. The fourth-order valence-corrected chi connectivity index (χ4v) is 2.43. The predicted molar refractivity (Wildman–Crippen MR) is 58.6 cm³/mol. The molecule has 1 unspecified atom stereocenters. The van der Waals surface area contributed by atoms with E-state index in [1.165, 1.54) is 44.9 Å². The molecule has 0 aromatic rings. The molecule has 0 radical (unpaired) electrons. The lowest BCUT2D eigenvalue weighted by atomic mass is 9.84. The molecule has 1 rings (SSSR count). The Hall–Kier alpha value is -0.0400. The fourth-order valence-electron chi connectivity index (χ4n) is 2.43. The Labute approximate surface area is 83.1 Å². The summed E-state index contributed by atoms with van der Waals surface area (Å²) < 4.78 is 0. The third-order valence-electron chi connectivity index (χ3n) is 3.51. The number of hydrogen-bond acceptors (Lipinski definition) is 1. The van der Waals surface area contributed by atoms with E-state index in [4.69, 9.17) is 5.73 Å². The zero-order chi connectivity index (χ0) is 9.73.